The number of β-lactam (4-membered cyclic amide) rings is 1. The van der Waals surface area contributed by atoms with E-state index < -0.39 is 29.2 Å². The van der Waals surface area contributed by atoms with Gasteiger partial charge in [0.05, 0.1) is 0 Å². The Morgan fingerprint density at radius 1 is 1.52 bits per heavy atom. The molecule has 2 aliphatic rings. The van der Waals surface area contributed by atoms with E-state index in [0.717, 1.165) is 11.3 Å². The Labute approximate surface area is 198 Å². The largest absolute Gasteiger partial charge is 0.477 e. The lowest BCUT2D eigenvalue weighted by Gasteiger charge is -2.49. The van der Waals surface area contributed by atoms with E-state index >= 15 is 0 Å². The number of H-pyrrole nitrogens is 1. The summed E-state index contributed by atoms with van der Waals surface area (Å²) in [6.45, 7) is 1.80. The molecule has 4 heterocycles. The van der Waals surface area contributed by atoms with E-state index in [1.165, 1.54) is 40.9 Å². The molecule has 0 radical (unpaired) electrons. The van der Waals surface area contributed by atoms with Crippen LogP contribution in [0.4, 0.5) is 5.13 Å². The average Bonchev–Trinajstić information content (AvgIpc) is 3.45. The Balaban J connectivity index is 1.52. The van der Waals surface area contributed by atoms with Crippen LogP contribution in [0.5, 0.6) is 0 Å². The van der Waals surface area contributed by atoms with Crippen molar-refractivity contribution in [2.24, 2.45) is 5.16 Å². The number of anilines is 1. The van der Waals surface area contributed by atoms with Gasteiger partial charge in [-0.05, 0) is 17.7 Å². The van der Waals surface area contributed by atoms with Gasteiger partial charge in [-0.1, -0.05) is 16.9 Å². The number of carbonyl (C=O) groups is 3. The average molecular weight is 512 g/mol. The summed E-state index contributed by atoms with van der Waals surface area (Å²) in [5, 5.41) is 30.9. The number of hydrogen-bond acceptors (Lipinski definition) is 13. The van der Waals surface area contributed by atoms with Crippen molar-refractivity contribution in [2.75, 3.05) is 18.6 Å². The van der Waals surface area contributed by atoms with Gasteiger partial charge in [-0.25, -0.2) is 9.78 Å². The number of fused-ring (bicyclic) bond motifs is 1. The lowest BCUT2D eigenvalue weighted by atomic mass is 10.0. The van der Waals surface area contributed by atoms with Crippen LogP contribution in [0.2, 0.25) is 0 Å². The Bertz CT molecular complexity index is 1150. The molecular formula is C16H17N9O5S3. The standard InChI is InChI=1S/C16H17N9O5S3/c1-5(33-16-20-23-24-21-16)6-3-31-13-9(12(27)25(13)10(6)14(28)29)19-11(26)8(22-30-2)7-4-32-15(17)18-7/h4-5,9,13H,3H2,1-2H3,(H2,17,18)(H,19,26)(H,28,29)(H,20,21,23,24)/t5?,9?,13-/m0/s1. The molecule has 1 saturated heterocycles. The van der Waals surface area contributed by atoms with Crippen molar-refractivity contribution < 1.29 is 24.3 Å². The highest BCUT2D eigenvalue weighted by Gasteiger charge is 2.55. The van der Waals surface area contributed by atoms with Crippen molar-refractivity contribution >= 4 is 63.5 Å². The molecule has 2 unspecified atom stereocenters. The summed E-state index contributed by atoms with van der Waals surface area (Å²) >= 11 is 3.70. The Morgan fingerprint density at radius 3 is 2.91 bits per heavy atom. The molecule has 2 aliphatic heterocycles. The minimum atomic E-state index is -1.23. The van der Waals surface area contributed by atoms with Gasteiger partial charge < -0.3 is 21.0 Å². The Kier molecular flexibility index (Phi) is 6.52. The fourth-order valence-corrected chi connectivity index (χ4v) is 6.25. The van der Waals surface area contributed by atoms with Crippen LogP contribution in [-0.4, -0.2) is 88.6 Å². The molecule has 33 heavy (non-hydrogen) atoms. The number of carbonyl (C=O) groups excluding carboxylic acids is 2. The molecule has 174 valence electrons. The summed E-state index contributed by atoms with van der Waals surface area (Å²) in [5.41, 5.74) is 6.14. The summed E-state index contributed by atoms with van der Waals surface area (Å²) in [4.78, 5) is 47.7. The maximum Gasteiger partial charge on any atom is 0.352 e. The Hall–Kier alpha value is -3.18. The molecule has 5 N–H and O–H groups in total. The predicted molar refractivity (Wildman–Crippen MR) is 119 cm³/mol. The quantitative estimate of drug-likeness (QED) is 0.153. The number of rotatable bonds is 8. The zero-order valence-electron chi connectivity index (χ0n) is 17.1. The molecular weight excluding hydrogens is 494 g/mol. The molecule has 17 heteroatoms. The van der Waals surface area contributed by atoms with Crippen molar-refractivity contribution in [3.63, 3.8) is 0 Å². The van der Waals surface area contributed by atoms with E-state index in [1.807, 2.05) is 0 Å². The lowest BCUT2D eigenvalue weighted by molar-refractivity contribution is -0.150. The third-order valence-electron chi connectivity index (χ3n) is 4.75. The number of aliphatic carboxylic acids is 1. The molecule has 0 saturated carbocycles. The molecule has 2 aromatic rings. The number of carboxylic acid groups (broad SMARTS) is 1. The minimum absolute atomic E-state index is 0.101. The number of thiazole rings is 1. The highest BCUT2D eigenvalue weighted by atomic mass is 32.2. The number of tetrazole rings is 1. The minimum Gasteiger partial charge on any atom is -0.477 e. The van der Waals surface area contributed by atoms with Crippen LogP contribution < -0.4 is 11.1 Å². The van der Waals surface area contributed by atoms with Crippen LogP contribution in [0.15, 0.2) is 27.0 Å². The van der Waals surface area contributed by atoms with Crippen LogP contribution in [0.3, 0.4) is 0 Å². The monoisotopic (exact) mass is 511 g/mol. The summed E-state index contributed by atoms with van der Waals surface area (Å²) in [7, 11) is 1.27. The second kappa shape index (κ2) is 9.36. The van der Waals surface area contributed by atoms with Crippen molar-refractivity contribution in [2.45, 2.75) is 28.7 Å². The van der Waals surface area contributed by atoms with E-state index in [-0.39, 0.29) is 27.5 Å². The van der Waals surface area contributed by atoms with Gasteiger partial charge in [-0.3, -0.25) is 14.5 Å². The van der Waals surface area contributed by atoms with Gasteiger partial charge >= 0.3 is 5.97 Å². The third kappa shape index (κ3) is 4.38. The number of nitrogens with one attached hydrogen (secondary N) is 2. The van der Waals surface area contributed by atoms with E-state index in [2.05, 4.69) is 36.1 Å². The van der Waals surface area contributed by atoms with Gasteiger partial charge in [-0.2, -0.15) is 5.21 Å². The zero-order valence-corrected chi connectivity index (χ0v) is 19.5. The number of aromatic nitrogens is 5. The third-order valence-corrected chi connectivity index (χ3v) is 7.75. The number of nitrogens with two attached hydrogens (primary N) is 1. The molecule has 0 aromatic carbocycles. The van der Waals surface area contributed by atoms with Crippen LogP contribution in [0.25, 0.3) is 0 Å². The first-order valence-corrected chi connectivity index (χ1v) is 12.1. The molecule has 0 aliphatic carbocycles. The summed E-state index contributed by atoms with van der Waals surface area (Å²) in [5.74, 6) is -2.11. The lowest BCUT2D eigenvalue weighted by Crippen LogP contribution is -2.71. The molecule has 2 amide bonds. The molecule has 1 fully saturated rings. The number of hydrogen-bond donors (Lipinski definition) is 4. The smallest absolute Gasteiger partial charge is 0.352 e. The second-order valence-corrected chi connectivity index (χ2v) is 9.99. The van der Waals surface area contributed by atoms with E-state index in [0.29, 0.717) is 16.5 Å². The normalized spacial score (nSPS) is 21.3. The summed E-state index contributed by atoms with van der Waals surface area (Å²) in [6, 6.07) is -0.934. The number of oxime groups is 1. The number of carboxylic acids is 1. The van der Waals surface area contributed by atoms with Crippen LogP contribution in [0.1, 0.15) is 12.6 Å². The SMILES string of the molecule is CON=C(C(=O)NC1C(=O)N2C(C(=O)O)=C(C(C)Sc3nn[nH]n3)CS[C@@H]12)c1csc(N)n1. The van der Waals surface area contributed by atoms with Crippen molar-refractivity contribution in [1.82, 2.24) is 35.8 Å². The first-order valence-electron chi connectivity index (χ1n) is 9.26. The molecule has 2 aromatic heterocycles. The number of nitrogen functional groups attached to an aromatic ring is 1. The maximum absolute atomic E-state index is 12.9. The fourth-order valence-electron chi connectivity index (χ4n) is 3.29. The fraction of sp³-hybridized carbons (Fsp3) is 0.375. The molecule has 14 nitrogen and oxygen atoms in total. The van der Waals surface area contributed by atoms with Crippen LogP contribution in [-0.2, 0) is 19.2 Å². The van der Waals surface area contributed by atoms with Crippen LogP contribution >= 0.6 is 34.9 Å². The van der Waals surface area contributed by atoms with Gasteiger partial charge in [0.15, 0.2) is 10.8 Å². The van der Waals surface area contributed by atoms with E-state index in [9.17, 15) is 19.5 Å². The molecule has 4 rings (SSSR count). The highest BCUT2D eigenvalue weighted by molar-refractivity contribution is 8.01. The molecule has 0 spiro atoms. The second-order valence-electron chi connectivity index (χ2n) is 6.69. The number of aromatic amines is 1. The van der Waals surface area contributed by atoms with E-state index in [4.69, 9.17) is 10.6 Å². The first kappa shape index (κ1) is 23.0. The Morgan fingerprint density at radius 2 is 2.30 bits per heavy atom. The summed E-state index contributed by atoms with van der Waals surface area (Å²) in [6.07, 6.45) is 0. The van der Waals surface area contributed by atoms with Gasteiger partial charge in [0, 0.05) is 16.4 Å². The number of amides is 2. The van der Waals surface area contributed by atoms with Gasteiger partial charge in [0.2, 0.25) is 5.16 Å². The summed E-state index contributed by atoms with van der Waals surface area (Å²) < 4.78 is 0. The number of thioether (sulfide) groups is 2. The van der Waals surface area contributed by atoms with E-state index in [1.54, 1.807) is 6.92 Å². The van der Waals surface area contributed by atoms with Crippen LogP contribution in [0, 0.1) is 0 Å². The van der Waals surface area contributed by atoms with Gasteiger partial charge in [0.25, 0.3) is 11.8 Å². The maximum atomic E-state index is 12.9. The predicted octanol–water partition coefficient (Wildman–Crippen LogP) is -0.492. The van der Waals surface area contributed by atoms with Crippen molar-refractivity contribution in [1.29, 1.82) is 0 Å². The highest BCUT2D eigenvalue weighted by Crippen LogP contribution is 2.43. The molecule has 3 atom stereocenters. The van der Waals surface area contributed by atoms with Gasteiger partial charge in [-0.15, -0.1) is 33.3 Å². The first-order chi connectivity index (χ1) is 15.8. The molecule has 0 bridgehead atoms. The van der Waals surface area contributed by atoms with Gasteiger partial charge in [0.1, 0.15) is 29.9 Å². The zero-order chi connectivity index (χ0) is 23.7. The number of nitrogens with zero attached hydrogens (tertiary/aromatic N) is 6. The van der Waals surface area contributed by atoms with Crippen molar-refractivity contribution in [3.8, 4) is 0 Å². The topological polar surface area (TPSA) is 202 Å². The van der Waals surface area contributed by atoms with Crippen molar-refractivity contribution in [3.05, 3.63) is 22.3 Å².